The average Bonchev–Trinajstić information content (AvgIpc) is 2.06. The van der Waals surface area contributed by atoms with Gasteiger partial charge in [0.1, 0.15) is 0 Å². The molecule has 0 aliphatic carbocycles. The van der Waals surface area contributed by atoms with Gasteiger partial charge in [-0.05, 0) is 18.6 Å². The third-order valence-electron chi connectivity index (χ3n) is 1.58. The SMILES string of the molecule is C/C=C\c1ccccc1NC.[HH]. The molecule has 1 heteroatoms. The molecule has 0 spiro atoms. The lowest BCUT2D eigenvalue weighted by Crippen LogP contribution is -1.89. The molecule has 1 aromatic rings. The van der Waals surface area contributed by atoms with Gasteiger partial charge in [-0.2, -0.15) is 0 Å². The van der Waals surface area contributed by atoms with Gasteiger partial charge < -0.3 is 5.32 Å². The smallest absolute Gasteiger partial charge is 0.0411 e. The maximum atomic E-state index is 3.13. The van der Waals surface area contributed by atoms with Gasteiger partial charge in [0.2, 0.25) is 0 Å². The Morgan fingerprint density at radius 3 is 2.73 bits per heavy atom. The van der Waals surface area contributed by atoms with Gasteiger partial charge in [-0.25, -0.2) is 0 Å². The Hall–Kier alpha value is -1.24. The third kappa shape index (κ3) is 1.84. The molecule has 0 amide bonds. The lowest BCUT2D eigenvalue weighted by molar-refractivity contribution is 1.49. The molecule has 0 aromatic heterocycles. The van der Waals surface area contributed by atoms with Gasteiger partial charge in [0.05, 0.1) is 0 Å². The van der Waals surface area contributed by atoms with E-state index in [1.165, 1.54) is 11.3 Å². The van der Waals surface area contributed by atoms with Crippen LogP contribution in [0, 0.1) is 0 Å². The molecule has 0 bridgehead atoms. The van der Waals surface area contributed by atoms with Crippen LogP contribution in [0.3, 0.4) is 0 Å². The molecular formula is C10H15N. The Kier molecular flexibility index (Phi) is 2.73. The van der Waals surface area contributed by atoms with Crippen molar-refractivity contribution >= 4 is 11.8 Å². The molecule has 0 aliphatic heterocycles. The van der Waals surface area contributed by atoms with E-state index >= 15 is 0 Å². The number of hydrogen-bond donors (Lipinski definition) is 1. The zero-order chi connectivity index (χ0) is 8.10. The summed E-state index contributed by atoms with van der Waals surface area (Å²) in [6.45, 7) is 2.02. The van der Waals surface area contributed by atoms with Gasteiger partial charge in [-0.1, -0.05) is 30.4 Å². The Labute approximate surface area is 69.2 Å². The Balaban J connectivity index is 0.00000121. The molecule has 0 aliphatic rings. The van der Waals surface area contributed by atoms with E-state index < -0.39 is 0 Å². The number of anilines is 1. The fourth-order valence-electron chi connectivity index (χ4n) is 1.05. The summed E-state index contributed by atoms with van der Waals surface area (Å²) in [5, 5.41) is 3.13. The van der Waals surface area contributed by atoms with Crippen LogP contribution in [0.1, 0.15) is 13.9 Å². The Morgan fingerprint density at radius 1 is 1.36 bits per heavy atom. The summed E-state index contributed by atoms with van der Waals surface area (Å²) in [5.41, 5.74) is 2.41. The monoisotopic (exact) mass is 149 g/mol. The van der Waals surface area contributed by atoms with Crippen LogP contribution in [0.2, 0.25) is 0 Å². The van der Waals surface area contributed by atoms with Gasteiger partial charge in [0, 0.05) is 14.2 Å². The highest BCUT2D eigenvalue weighted by atomic mass is 14.8. The molecule has 1 rings (SSSR count). The van der Waals surface area contributed by atoms with E-state index in [9.17, 15) is 0 Å². The molecule has 0 unspecified atom stereocenters. The molecule has 0 radical (unpaired) electrons. The first kappa shape index (κ1) is 7.86. The molecule has 0 heterocycles. The highest BCUT2D eigenvalue weighted by Crippen LogP contribution is 2.15. The van der Waals surface area contributed by atoms with E-state index in [4.69, 9.17) is 0 Å². The Morgan fingerprint density at radius 2 is 2.09 bits per heavy atom. The quantitative estimate of drug-likeness (QED) is 0.681. The maximum absolute atomic E-state index is 3.13. The minimum absolute atomic E-state index is 0. The second-order valence-electron chi connectivity index (χ2n) is 2.34. The second kappa shape index (κ2) is 3.81. The molecule has 0 saturated heterocycles. The summed E-state index contributed by atoms with van der Waals surface area (Å²) in [7, 11) is 1.93. The molecular weight excluding hydrogens is 134 g/mol. The second-order valence-corrected chi connectivity index (χ2v) is 2.34. The normalized spacial score (nSPS) is 10.4. The van der Waals surface area contributed by atoms with Gasteiger partial charge in [-0.15, -0.1) is 0 Å². The van der Waals surface area contributed by atoms with Crippen LogP contribution in [0.5, 0.6) is 0 Å². The van der Waals surface area contributed by atoms with Crippen LogP contribution in [0.15, 0.2) is 30.3 Å². The predicted molar refractivity (Wildman–Crippen MR) is 52.8 cm³/mol. The van der Waals surface area contributed by atoms with Crippen molar-refractivity contribution in [3.8, 4) is 0 Å². The van der Waals surface area contributed by atoms with E-state index in [2.05, 4.69) is 23.5 Å². The first-order valence-electron chi connectivity index (χ1n) is 3.78. The highest BCUT2D eigenvalue weighted by molar-refractivity contribution is 5.65. The van der Waals surface area contributed by atoms with Crippen molar-refractivity contribution in [1.29, 1.82) is 0 Å². The van der Waals surface area contributed by atoms with Crippen molar-refractivity contribution in [2.24, 2.45) is 0 Å². The van der Waals surface area contributed by atoms with E-state index in [0.29, 0.717) is 0 Å². The fourth-order valence-corrected chi connectivity index (χ4v) is 1.05. The molecule has 0 atom stereocenters. The van der Waals surface area contributed by atoms with E-state index in [1.807, 2.05) is 32.2 Å². The minimum Gasteiger partial charge on any atom is -0.388 e. The zero-order valence-corrected chi connectivity index (χ0v) is 6.96. The number of hydrogen-bond acceptors (Lipinski definition) is 1. The molecule has 1 nitrogen and oxygen atoms in total. The lowest BCUT2D eigenvalue weighted by atomic mass is 10.1. The average molecular weight is 149 g/mol. The summed E-state index contributed by atoms with van der Waals surface area (Å²) in [6.07, 6.45) is 4.13. The predicted octanol–water partition coefficient (Wildman–Crippen LogP) is 3.01. The topological polar surface area (TPSA) is 12.0 Å². The molecule has 0 saturated carbocycles. The zero-order valence-electron chi connectivity index (χ0n) is 6.96. The number of para-hydroxylation sites is 1. The summed E-state index contributed by atoms with van der Waals surface area (Å²) >= 11 is 0. The van der Waals surface area contributed by atoms with Crippen LogP contribution in [0.25, 0.3) is 6.08 Å². The van der Waals surface area contributed by atoms with Crippen molar-refractivity contribution in [2.75, 3.05) is 12.4 Å². The van der Waals surface area contributed by atoms with Crippen molar-refractivity contribution in [3.63, 3.8) is 0 Å². The summed E-state index contributed by atoms with van der Waals surface area (Å²) in [4.78, 5) is 0. The minimum atomic E-state index is 0. The number of nitrogens with one attached hydrogen (secondary N) is 1. The summed E-state index contributed by atoms with van der Waals surface area (Å²) < 4.78 is 0. The van der Waals surface area contributed by atoms with E-state index in [-0.39, 0.29) is 1.43 Å². The Bertz CT molecular complexity index is 256. The summed E-state index contributed by atoms with van der Waals surface area (Å²) in [6, 6.07) is 8.22. The molecule has 1 aromatic carbocycles. The number of rotatable bonds is 2. The van der Waals surface area contributed by atoms with Crippen LogP contribution < -0.4 is 5.32 Å². The van der Waals surface area contributed by atoms with Gasteiger partial charge >= 0.3 is 0 Å². The van der Waals surface area contributed by atoms with Crippen molar-refractivity contribution in [3.05, 3.63) is 35.9 Å². The fraction of sp³-hybridized carbons (Fsp3) is 0.200. The standard InChI is InChI=1S/C10H13N.H2/c1-3-6-9-7-4-5-8-10(9)11-2;/h3-8,11H,1-2H3;1H/b6-3-;. The lowest BCUT2D eigenvalue weighted by Gasteiger charge is -2.02. The van der Waals surface area contributed by atoms with Gasteiger partial charge in [-0.3, -0.25) is 0 Å². The van der Waals surface area contributed by atoms with Crippen molar-refractivity contribution in [1.82, 2.24) is 0 Å². The molecule has 11 heavy (non-hydrogen) atoms. The first-order valence-corrected chi connectivity index (χ1v) is 3.78. The third-order valence-corrected chi connectivity index (χ3v) is 1.58. The van der Waals surface area contributed by atoms with Crippen LogP contribution in [-0.2, 0) is 0 Å². The molecule has 60 valence electrons. The summed E-state index contributed by atoms with van der Waals surface area (Å²) in [5.74, 6) is 0. The van der Waals surface area contributed by atoms with Crippen LogP contribution >= 0.6 is 0 Å². The highest BCUT2D eigenvalue weighted by Gasteiger charge is 1.91. The number of benzene rings is 1. The van der Waals surface area contributed by atoms with Gasteiger partial charge in [0.15, 0.2) is 0 Å². The number of allylic oxidation sites excluding steroid dienone is 1. The van der Waals surface area contributed by atoms with Crippen molar-refractivity contribution in [2.45, 2.75) is 6.92 Å². The molecule has 0 fully saturated rings. The first-order chi connectivity index (χ1) is 5.38. The van der Waals surface area contributed by atoms with Crippen molar-refractivity contribution < 1.29 is 1.43 Å². The maximum Gasteiger partial charge on any atom is 0.0411 e. The van der Waals surface area contributed by atoms with Crippen LogP contribution in [-0.4, -0.2) is 7.05 Å². The molecule has 1 N–H and O–H groups in total. The van der Waals surface area contributed by atoms with E-state index in [0.717, 1.165) is 0 Å². The van der Waals surface area contributed by atoms with E-state index in [1.54, 1.807) is 0 Å². The largest absolute Gasteiger partial charge is 0.388 e. The van der Waals surface area contributed by atoms with Crippen LogP contribution in [0.4, 0.5) is 5.69 Å². The van der Waals surface area contributed by atoms with Gasteiger partial charge in [0.25, 0.3) is 0 Å².